The SMILES string of the molecule is O=C1NC=N[C@H]2NN=C[C@H]12. The summed E-state index contributed by atoms with van der Waals surface area (Å²) in [6, 6.07) is 0. The van der Waals surface area contributed by atoms with Gasteiger partial charge in [-0.15, -0.1) is 0 Å². The maximum Gasteiger partial charge on any atom is 0.237 e. The minimum absolute atomic E-state index is 0.0475. The van der Waals surface area contributed by atoms with Crippen molar-refractivity contribution >= 4 is 18.5 Å². The first kappa shape index (κ1) is 5.40. The topological polar surface area (TPSA) is 65.8 Å². The van der Waals surface area contributed by atoms with Crippen molar-refractivity contribution in [1.29, 1.82) is 0 Å². The van der Waals surface area contributed by atoms with Gasteiger partial charge in [0.1, 0.15) is 5.92 Å². The molecule has 2 aliphatic heterocycles. The van der Waals surface area contributed by atoms with E-state index < -0.39 is 0 Å². The van der Waals surface area contributed by atoms with Crippen LogP contribution in [0.15, 0.2) is 10.1 Å². The van der Waals surface area contributed by atoms with E-state index in [1.165, 1.54) is 6.34 Å². The average Bonchev–Trinajstić information content (AvgIpc) is 2.36. The third kappa shape index (κ3) is 0.601. The van der Waals surface area contributed by atoms with E-state index in [0.717, 1.165) is 0 Å². The summed E-state index contributed by atoms with van der Waals surface area (Å²) in [5, 5.41) is 6.22. The van der Waals surface area contributed by atoms with Crippen LogP contribution in [-0.2, 0) is 4.79 Å². The van der Waals surface area contributed by atoms with Crippen molar-refractivity contribution in [2.24, 2.45) is 16.0 Å². The smallest absolute Gasteiger partial charge is 0.237 e. The number of aliphatic imine (C=N–C) groups is 1. The van der Waals surface area contributed by atoms with Crippen molar-refractivity contribution in [3.63, 3.8) is 0 Å². The Morgan fingerprint density at radius 3 is 3.30 bits per heavy atom. The summed E-state index contributed by atoms with van der Waals surface area (Å²) in [5.41, 5.74) is 2.70. The van der Waals surface area contributed by atoms with Crippen LogP contribution in [0.5, 0.6) is 0 Å². The van der Waals surface area contributed by atoms with Crippen molar-refractivity contribution in [3.05, 3.63) is 0 Å². The van der Waals surface area contributed by atoms with E-state index in [1.807, 2.05) is 0 Å². The summed E-state index contributed by atoms with van der Waals surface area (Å²) in [6.45, 7) is 0. The van der Waals surface area contributed by atoms with Gasteiger partial charge in [-0.3, -0.25) is 10.2 Å². The number of carbonyl (C=O) groups is 1. The molecular weight excluding hydrogens is 132 g/mol. The maximum absolute atomic E-state index is 10.9. The molecule has 0 unspecified atom stereocenters. The first-order valence-electron chi connectivity index (χ1n) is 2.99. The largest absolute Gasteiger partial charge is 0.316 e. The lowest BCUT2D eigenvalue weighted by Crippen LogP contribution is -2.43. The molecule has 0 saturated heterocycles. The van der Waals surface area contributed by atoms with Crippen LogP contribution in [0.1, 0.15) is 0 Å². The van der Waals surface area contributed by atoms with Crippen molar-refractivity contribution in [3.8, 4) is 0 Å². The molecule has 0 spiro atoms. The Kier molecular flexibility index (Phi) is 0.969. The third-order valence-corrected chi connectivity index (χ3v) is 1.53. The van der Waals surface area contributed by atoms with Crippen LogP contribution in [0.2, 0.25) is 0 Å². The highest BCUT2D eigenvalue weighted by Crippen LogP contribution is 2.10. The fourth-order valence-corrected chi connectivity index (χ4v) is 0.976. The second kappa shape index (κ2) is 1.80. The highest BCUT2D eigenvalue weighted by atomic mass is 16.2. The van der Waals surface area contributed by atoms with Gasteiger partial charge in [0.15, 0.2) is 6.17 Å². The molecule has 52 valence electrons. The predicted octanol–water partition coefficient (Wildman–Crippen LogP) is -1.32. The van der Waals surface area contributed by atoms with Gasteiger partial charge in [0.05, 0.1) is 6.34 Å². The molecule has 2 heterocycles. The highest BCUT2D eigenvalue weighted by molar-refractivity contribution is 6.01. The van der Waals surface area contributed by atoms with Crippen molar-refractivity contribution < 1.29 is 4.79 Å². The molecular formula is C5H6N4O. The Morgan fingerprint density at radius 1 is 1.60 bits per heavy atom. The molecule has 0 aromatic heterocycles. The zero-order valence-electron chi connectivity index (χ0n) is 5.11. The van der Waals surface area contributed by atoms with Crippen LogP contribution in [-0.4, -0.2) is 24.6 Å². The zero-order valence-corrected chi connectivity index (χ0v) is 5.11. The fraction of sp³-hybridized carbons (Fsp3) is 0.400. The normalized spacial score (nSPS) is 35.0. The molecule has 0 aromatic carbocycles. The van der Waals surface area contributed by atoms with E-state index in [4.69, 9.17) is 0 Å². The number of amides is 1. The Labute approximate surface area is 57.2 Å². The molecule has 0 aliphatic carbocycles. The molecule has 10 heavy (non-hydrogen) atoms. The Morgan fingerprint density at radius 2 is 2.50 bits per heavy atom. The molecule has 5 heteroatoms. The number of carbonyl (C=O) groups excluding carboxylic acids is 1. The van der Waals surface area contributed by atoms with Gasteiger partial charge in [-0.1, -0.05) is 0 Å². The van der Waals surface area contributed by atoms with Crippen LogP contribution in [0, 0.1) is 5.92 Å². The van der Waals surface area contributed by atoms with Crippen LogP contribution in [0.25, 0.3) is 0 Å². The summed E-state index contributed by atoms with van der Waals surface area (Å²) in [5.74, 6) is -0.265. The molecule has 5 nitrogen and oxygen atoms in total. The first-order valence-corrected chi connectivity index (χ1v) is 2.99. The maximum atomic E-state index is 10.9. The van der Waals surface area contributed by atoms with Gasteiger partial charge in [0, 0.05) is 6.21 Å². The lowest BCUT2D eigenvalue weighted by atomic mass is 10.1. The fourth-order valence-electron chi connectivity index (χ4n) is 0.976. The quantitative estimate of drug-likeness (QED) is 0.436. The van der Waals surface area contributed by atoms with Crippen molar-refractivity contribution in [2.75, 3.05) is 0 Å². The van der Waals surface area contributed by atoms with Crippen molar-refractivity contribution in [2.45, 2.75) is 6.17 Å². The molecule has 0 aromatic rings. The van der Waals surface area contributed by atoms with Gasteiger partial charge in [-0.2, -0.15) is 5.10 Å². The first-order chi connectivity index (χ1) is 4.88. The third-order valence-electron chi connectivity index (χ3n) is 1.53. The Bertz CT molecular complexity index is 222. The number of fused-ring (bicyclic) bond motifs is 1. The second-order valence-corrected chi connectivity index (χ2v) is 2.16. The monoisotopic (exact) mass is 138 g/mol. The molecule has 2 atom stereocenters. The van der Waals surface area contributed by atoms with E-state index in [1.54, 1.807) is 6.21 Å². The number of nitrogens with one attached hydrogen (secondary N) is 2. The van der Waals surface area contributed by atoms with E-state index in [-0.39, 0.29) is 18.0 Å². The summed E-state index contributed by atoms with van der Waals surface area (Å²) in [4.78, 5) is 14.9. The predicted molar refractivity (Wildman–Crippen MR) is 35.5 cm³/mol. The van der Waals surface area contributed by atoms with Gasteiger partial charge >= 0.3 is 0 Å². The van der Waals surface area contributed by atoms with Crippen LogP contribution in [0.4, 0.5) is 0 Å². The lowest BCUT2D eigenvalue weighted by molar-refractivity contribution is -0.122. The standard InChI is InChI=1S/C5H6N4O/c10-5-3-1-8-9-4(3)6-2-7-5/h1-4,9H,(H,6,7,10)/t3-,4-/m0/s1. The van der Waals surface area contributed by atoms with Crippen LogP contribution < -0.4 is 10.7 Å². The Hall–Kier alpha value is -1.39. The lowest BCUT2D eigenvalue weighted by Gasteiger charge is -2.16. The zero-order chi connectivity index (χ0) is 6.97. The summed E-state index contributed by atoms with van der Waals surface area (Å²) in [6.07, 6.45) is 2.79. The van der Waals surface area contributed by atoms with Gasteiger partial charge in [0.25, 0.3) is 0 Å². The van der Waals surface area contributed by atoms with Gasteiger partial charge in [-0.05, 0) is 0 Å². The van der Waals surface area contributed by atoms with E-state index in [9.17, 15) is 4.79 Å². The van der Waals surface area contributed by atoms with E-state index >= 15 is 0 Å². The molecule has 2 rings (SSSR count). The molecule has 2 N–H and O–H groups in total. The van der Waals surface area contributed by atoms with E-state index in [2.05, 4.69) is 20.8 Å². The molecule has 0 radical (unpaired) electrons. The summed E-state index contributed by atoms with van der Waals surface area (Å²) >= 11 is 0. The van der Waals surface area contributed by atoms with Crippen LogP contribution >= 0.6 is 0 Å². The number of hydrogen-bond donors (Lipinski definition) is 2. The van der Waals surface area contributed by atoms with Crippen LogP contribution in [0.3, 0.4) is 0 Å². The van der Waals surface area contributed by atoms with Crippen molar-refractivity contribution in [1.82, 2.24) is 10.7 Å². The second-order valence-electron chi connectivity index (χ2n) is 2.16. The molecule has 0 fully saturated rings. The number of hydrazone groups is 1. The molecule has 0 saturated carbocycles. The molecule has 1 amide bonds. The van der Waals surface area contributed by atoms with Gasteiger partial charge in [0.2, 0.25) is 5.91 Å². The number of rotatable bonds is 0. The number of nitrogens with zero attached hydrogens (tertiary/aromatic N) is 2. The minimum Gasteiger partial charge on any atom is -0.316 e. The van der Waals surface area contributed by atoms with Gasteiger partial charge in [-0.25, -0.2) is 4.99 Å². The van der Waals surface area contributed by atoms with Gasteiger partial charge < -0.3 is 5.32 Å². The Balaban J connectivity index is 2.28. The average molecular weight is 138 g/mol. The number of hydrogen-bond acceptors (Lipinski definition) is 4. The molecule has 2 aliphatic rings. The summed E-state index contributed by atoms with van der Waals surface area (Å²) in [7, 11) is 0. The molecule has 0 bridgehead atoms. The minimum atomic E-state index is -0.218. The highest BCUT2D eigenvalue weighted by Gasteiger charge is 2.31. The summed E-state index contributed by atoms with van der Waals surface area (Å²) < 4.78 is 0. The van der Waals surface area contributed by atoms with E-state index in [0.29, 0.717) is 0 Å².